The van der Waals surface area contributed by atoms with Crippen LogP contribution in [0.15, 0.2) is 47.2 Å². The molecule has 2 bridgehead atoms. The van der Waals surface area contributed by atoms with E-state index in [1.54, 1.807) is 6.92 Å². The monoisotopic (exact) mass is 497 g/mol. The van der Waals surface area contributed by atoms with Gasteiger partial charge in [0, 0.05) is 24.4 Å². The number of pyridine rings is 1. The average Bonchev–Trinajstić information content (AvgIpc) is 3.46. The molecule has 0 aromatic carbocycles. The predicted octanol–water partition coefficient (Wildman–Crippen LogP) is 3.95. The van der Waals surface area contributed by atoms with Gasteiger partial charge in [-0.1, -0.05) is 6.92 Å². The van der Waals surface area contributed by atoms with Gasteiger partial charge in [0.2, 0.25) is 11.8 Å². The molecule has 0 saturated carbocycles. The molecule has 36 heavy (non-hydrogen) atoms. The molecule has 4 aromatic rings. The van der Waals surface area contributed by atoms with Crippen LogP contribution in [0.3, 0.4) is 0 Å². The van der Waals surface area contributed by atoms with Crippen molar-refractivity contribution < 1.29 is 22.4 Å². The van der Waals surface area contributed by atoms with Crippen molar-refractivity contribution >= 4 is 17.5 Å². The number of amides is 2. The van der Waals surface area contributed by atoms with Crippen LogP contribution in [0.5, 0.6) is 0 Å². The van der Waals surface area contributed by atoms with Gasteiger partial charge < -0.3 is 4.42 Å². The van der Waals surface area contributed by atoms with Gasteiger partial charge in [0.25, 0.3) is 0 Å². The quantitative estimate of drug-likeness (QED) is 0.451. The predicted molar refractivity (Wildman–Crippen MR) is 117 cm³/mol. The van der Waals surface area contributed by atoms with Crippen LogP contribution in [-0.2, 0) is 11.7 Å². The van der Waals surface area contributed by atoms with Gasteiger partial charge in [-0.3, -0.25) is 15.2 Å². The Kier molecular flexibility index (Phi) is 4.65. The molecule has 4 aromatic heterocycles. The lowest BCUT2D eigenvalue weighted by Gasteiger charge is -2.53. The van der Waals surface area contributed by atoms with Crippen molar-refractivity contribution in [3.05, 3.63) is 60.1 Å². The Morgan fingerprint density at radius 1 is 1.22 bits per heavy atom. The third kappa shape index (κ3) is 3.39. The topological polar surface area (TPSA) is 127 Å². The minimum absolute atomic E-state index is 0.00613. The number of nitrogens with zero attached hydrogens (tertiary/aromatic N) is 8. The highest BCUT2D eigenvalue weighted by Crippen LogP contribution is 2.53. The first-order valence-electron chi connectivity index (χ1n) is 11.0. The number of fused-ring (bicyclic) bond motifs is 2. The number of rotatable bonds is 3. The van der Waals surface area contributed by atoms with Gasteiger partial charge in [-0.15, -0.1) is 10.2 Å². The van der Waals surface area contributed by atoms with Crippen molar-refractivity contribution in [2.75, 3.05) is 5.32 Å². The summed E-state index contributed by atoms with van der Waals surface area (Å²) in [5.74, 6) is 0.858. The van der Waals surface area contributed by atoms with Crippen molar-refractivity contribution in [2.24, 2.45) is 5.92 Å². The first-order valence-corrected chi connectivity index (χ1v) is 11.0. The zero-order valence-electron chi connectivity index (χ0n) is 19.0. The van der Waals surface area contributed by atoms with E-state index in [4.69, 9.17) is 4.42 Å². The van der Waals surface area contributed by atoms with E-state index in [1.807, 2.05) is 6.08 Å². The maximum atomic E-state index is 13.8. The molecule has 2 amide bonds. The number of aryl methyl sites for hydroxylation is 1. The fraction of sp³-hybridized carbons (Fsp3) is 0.318. The molecule has 184 valence electrons. The highest BCUT2D eigenvalue weighted by molar-refractivity contribution is 5.92. The summed E-state index contributed by atoms with van der Waals surface area (Å²) < 4.78 is 48.3. The highest BCUT2D eigenvalue weighted by atomic mass is 19.4. The molecule has 11 nitrogen and oxygen atoms in total. The molecule has 6 rings (SSSR count). The van der Waals surface area contributed by atoms with Gasteiger partial charge in [-0.25, -0.2) is 19.3 Å². The lowest BCUT2D eigenvalue weighted by Crippen LogP contribution is -2.60. The summed E-state index contributed by atoms with van der Waals surface area (Å²) in [6, 6.07) is 0.579. The minimum atomic E-state index is -4.70. The van der Waals surface area contributed by atoms with Gasteiger partial charge in [0.15, 0.2) is 5.65 Å². The zero-order valence-corrected chi connectivity index (χ0v) is 19.0. The number of carbonyl (C=O) groups is 1. The second-order valence-electron chi connectivity index (χ2n) is 8.91. The van der Waals surface area contributed by atoms with Crippen LogP contribution in [-0.4, -0.2) is 45.7 Å². The summed E-state index contributed by atoms with van der Waals surface area (Å²) in [5, 5.41) is 14.6. The third-order valence-corrected chi connectivity index (χ3v) is 6.29. The Bertz CT molecular complexity index is 1540. The third-order valence-electron chi connectivity index (χ3n) is 6.29. The number of aromatic nitrogens is 7. The zero-order chi connectivity index (χ0) is 25.2. The smallest absolute Gasteiger partial charge is 0.418 e. The van der Waals surface area contributed by atoms with Crippen molar-refractivity contribution in [1.82, 2.24) is 39.7 Å². The van der Waals surface area contributed by atoms with Crippen LogP contribution >= 0.6 is 0 Å². The minimum Gasteiger partial charge on any atom is -0.423 e. The molecule has 2 atom stereocenters. The number of nitrogens with one attached hydrogen (secondary N) is 1. The Morgan fingerprint density at radius 3 is 2.81 bits per heavy atom. The number of alkyl halides is 3. The van der Waals surface area contributed by atoms with E-state index >= 15 is 0 Å². The van der Waals surface area contributed by atoms with E-state index in [2.05, 4.69) is 42.5 Å². The fourth-order valence-electron chi connectivity index (χ4n) is 4.88. The number of allylic oxidation sites excluding steroid dienone is 1. The van der Waals surface area contributed by atoms with Crippen LogP contribution in [0.4, 0.5) is 23.8 Å². The Labute approximate surface area is 201 Å². The number of piperidine rings is 1. The van der Waals surface area contributed by atoms with Gasteiger partial charge in [0.05, 0.1) is 23.7 Å². The molecular formula is C22H18F3N9O2. The molecule has 1 N–H and O–H groups in total. The van der Waals surface area contributed by atoms with Crippen LogP contribution in [0.25, 0.3) is 16.9 Å². The number of hydrogen-bond acceptors (Lipinski definition) is 8. The maximum Gasteiger partial charge on any atom is 0.418 e. The number of likely N-dealkylation sites (tertiary alicyclic amines) is 1. The second kappa shape index (κ2) is 7.57. The molecule has 0 saturated heterocycles. The van der Waals surface area contributed by atoms with Crippen molar-refractivity contribution in [2.45, 2.75) is 38.4 Å². The van der Waals surface area contributed by atoms with Crippen molar-refractivity contribution in [3.8, 4) is 11.3 Å². The molecule has 0 fully saturated rings. The molecule has 0 unspecified atom stereocenters. The largest absolute Gasteiger partial charge is 0.423 e. The summed E-state index contributed by atoms with van der Waals surface area (Å²) in [5.41, 5.74) is -1.02. The van der Waals surface area contributed by atoms with Crippen LogP contribution in [0.1, 0.15) is 37.1 Å². The molecule has 0 radical (unpaired) electrons. The number of anilines is 1. The van der Waals surface area contributed by atoms with Gasteiger partial charge in [0.1, 0.15) is 17.7 Å². The summed E-state index contributed by atoms with van der Waals surface area (Å²) in [6.45, 7) is 3.72. The fourth-order valence-corrected chi connectivity index (χ4v) is 4.88. The van der Waals surface area contributed by atoms with Gasteiger partial charge in [-0.05, 0) is 30.9 Å². The van der Waals surface area contributed by atoms with E-state index in [1.165, 1.54) is 28.1 Å². The molecule has 5 heterocycles. The summed E-state index contributed by atoms with van der Waals surface area (Å²) in [7, 11) is 0. The van der Waals surface area contributed by atoms with Crippen molar-refractivity contribution in [3.63, 3.8) is 0 Å². The lowest BCUT2D eigenvalue weighted by atomic mass is 9.71. The molecule has 14 heteroatoms. The van der Waals surface area contributed by atoms with E-state index < -0.39 is 23.3 Å². The maximum absolute atomic E-state index is 13.8. The summed E-state index contributed by atoms with van der Waals surface area (Å²) in [4.78, 5) is 26.8. The van der Waals surface area contributed by atoms with Crippen LogP contribution < -0.4 is 5.32 Å². The number of halogens is 3. The van der Waals surface area contributed by atoms with Crippen molar-refractivity contribution in [1.29, 1.82) is 0 Å². The number of hydrogen-bond donors (Lipinski definition) is 1. The molecule has 0 spiro atoms. The standard InChI is InChI=1S/C22H18F3N9O2/c1-11-3-13-6-21(5-11,19-32-31-12(2)36-19)34(13)20(35)30-17-4-14(15(7-27-17)22(23,24)25)16-9-33-18(8-26-16)28-10-29-33/h4,6-11H,3,5H2,1-2H3,(H,27,30,35)/t11-,21+/m1/s1. The Balaban J connectivity index is 1.35. The van der Waals surface area contributed by atoms with E-state index in [0.717, 1.165) is 11.8 Å². The summed E-state index contributed by atoms with van der Waals surface area (Å²) >= 11 is 0. The van der Waals surface area contributed by atoms with Gasteiger partial charge >= 0.3 is 12.2 Å². The molecule has 1 aliphatic carbocycles. The van der Waals surface area contributed by atoms with E-state index in [0.29, 0.717) is 30.6 Å². The first kappa shape index (κ1) is 22.1. The normalized spacial score (nSPS) is 21.3. The average molecular weight is 497 g/mol. The molecule has 1 aliphatic heterocycles. The second-order valence-corrected chi connectivity index (χ2v) is 8.91. The molecular weight excluding hydrogens is 479 g/mol. The van der Waals surface area contributed by atoms with Crippen LogP contribution in [0, 0.1) is 12.8 Å². The Morgan fingerprint density at radius 2 is 2.06 bits per heavy atom. The first-order chi connectivity index (χ1) is 17.1. The summed E-state index contributed by atoms with van der Waals surface area (Å²) in [6.07, 6.45) is 3.04. The molecule has 2 aliphatic rings. The Hall–Kier alpha value is -4.36. The van der Waals surface area contributed by atoms with Gasteiger partial charge in [-0.2, -0.15) is 18.3 Å². The number of carbonyl (C=O) groups excluding carboxylic acids is 1. The van der Waals surface area contributed by atoms with E-state index in [-0.39, 0.29) is 28.9 Å². The highest BCUT2D eigenvalue weighted by Gasteiger charge is 2.56. The SMILES string of the molecule is Cc1nnc([C@@]23C=C(C[C@@H](C)C2)N3C(=O)Nc2cc(-c3cn4ncnc4cn3)c(C(F)(F)F)cn2)o1. The van der Waals surface area contributed by atoms with E-state index in [9.17, 15) is 18.0 Å². The lowest BCUT2D eigenvalue weighted by molar-refractivity contribution is -0.137. The van der Waals surface area contributed by atoms with Crippen LogP contribution in [0.2, 0.25) is 0 Å². The number of urea groups is 1.